The highest BCUT2D eigenvalue weighted by Crippen LogP contribution is 2.16. The van der Waals surface area contributed by atoms with Crippen LogP contribution in [0.25, 0.3) is 0 Å². The van der Waals surface area contributed by atoms with Crippen LogP contribution in [0.3, 0.4) is 0 Å². The molecule has 0 atom stereocenters. The Labute approximate surface area is 180 Å². The molecule has 0 saturated carbocycles. The number of rotatable bonds is 8. The van der Waals surface area contributed by atoms with Crippen LogP contribution >= 0.6 is 24.0 Å². The summed E-state index contributed by atoms with van der Waals surface area (Å²) < 4.78 is 7.40. The Morgan fingerprint density at radius 3 is 2.37 bits per heavy atom. The highest BCUT2D eigenvalue weighted by Gasteiger charge is 2.30. The number of halogens is 1. The van der Waals surface area contributed by atoms with Crippen molar-refractivity contribution in [3.63, 3.8) is 0 Å². The Balaban J connectivity index is 0.00000676. The molecule has 9 heteroatoms. The van der Waals surface area contributed by atoms with Crippen LogP contribution in [0.1, 0.15) is 47.5 Å². The van der Waals surface area contributed by atoms with Crippen molar-refractivity contribution in [3.05, 3.63) is 18.7 Å². The maximum Gasteiger partial charge on any atom is 0.408 e. The fraction of sp³-hybridized carbons (Fsp3) is 0.722. The standard InChI is InChI=1S/C18H34N6O2.HI/c1-7-18(8-2,23-16(25)26-17(3,4)5)13-22-15(19-6)21-10-12-24-11-9-20-14-24;/h9,11,14H,7-8,10,12-13H2,1-6H3,(H,23,25)(H2,19,21,22);1H. The van der Waals surface area contributed by atoms with E-state index in [0.29, 0.717) is 12.5 Å². The maximum atomic E-state index is 12.2. The van der Waals surface area contributed by atoms with E-state index in [2.05, 4.69) is 39.8 Å². The fourth-order valence-electron chi connectivity index (χ4n) is 2.44. The van der Waals surface area contributed by atoms with Gasteiger partial charge in [0.2, 0.25) is 0 Å². The summed E-state index contributed by atoms with van der Waals surface area (Å²) in [4.78, 5) is 20.5. The molecule has 27 heavy (non-hydrogen) atoms. The zero-order chi connectivity index (χ0) is 19.6. The summed E-state index contributed by atoms with van der Waals surface area (Å²) in [6.07, 6.45) is 6.62. The van der Waals surface area contributed by atoms with Crippen molar-refractivity contribution in [3.8, 4) is 0 Å². The van der Waals surface area contributed by atoms with Crippen LogP contribution in [-0.2, 0) is 11.3 Å². The Morgan fingerprint density at radius 1 is 1.22 bits per heavy atom. The van der Waals surface area contributed by atoms with Gasteiger partial charge in [-0.25, -0.2) is 9.78 Å². The summed E-state index contributed by atoms with van der Waals surface area (Å²) in [5.41, 5.74) is -0.917. The fourth-order valence-corrected chi connectivity index (χ4v) is 2.44. The molecular formula is C18H35IN6O2. The number of alkyl carbamates (subject to hydrolysis) is 1. The number of ether oxygens (including phenoxy) is 1. The van der Waals surface area contributed by atoms with Gasteiger partial charge in [0.05, 0.1) is 11.9 Å². The number of nitrogens with one attached hydrogen (secondary N) is 3. The summed E-state index contributed by atoms with van der Waals surface area (Å²) in [6, 6.07) is 0. The maximum absolute atomic E-state index is 12.2. The summed E-state index contributed by atoms with van der Waals surface area (Å²) in [5.74, 6) is 0.697. The topological polar surface area (TPSA) is 92.6 Å². The molecule has 0 unspecified atom stereocenters. The van der Waals surface area contributed by atoms with Gasteiger partial charge in [0.1, 0.15) is 5.60 Å². The Hall–Kier alpha value is -1.52. The summed E-state index contributed by atoms with van der Waals surface area (Å²) in [5, 5.41) is 9.60. The van der Waals surface area contributed by atoms with Crippen LogP contribution < -0.4 is 16.0 Å². The van der Waals surface area contributed by atoms with Crippen LogP contribution in [0.4, 0.5) is 4.79 Å². The molecule has 8 nitrogen and oxygen atoms in total. The summed E-state index contributed by atoms with van der Waals surface area (Å²) in [7, 11) is 1.73. The van der Waals surface area contributed by atoms with Gasteiger partial charge in [-0.05, 0) is 33.6 Å². The first-order valence-electron chi connectivity index (χ1n) is 9.15. The van der Waals surface area contributed by atoms with Gasteiger partial charge in [0, 0.05) is 39.1 Å². The van der Waals surface area contributed by atoms with E-state index in [1.807, 2.05) is 31.5 Å². The monoisotopic (exact) mass is 494 g/mol. The lowest BCUT2D eigenvalue weighted by Gasteiger charge is -2.34. The average molecular weight is 494 g/mol. The SMILES string of the molecule is CCC(CC)(CNC(=NC)NCCn1ccnc1)NC(=O)OC(C)(C)C.I. The predicted octanol–water partition coefficient (Wildman–Crippen LogP) is 2.75. The lowest BCUT2D eigenvalue weighted by Crippen LogP contribution is -2.57. The molecule has 156 valence electrons. The van der Waals surface area contributed by atoms with Gasteiger partial charge in [0.25, 0.3) is 0 Å². The largest absolute Gasteiger partial charge is 0.444 e. The number of imidazole rings is 1. The van der Waals surface area contributed by atoms with Crippen molar-refractivity contribution >= 4 is 36.0 Å². The van der Waals surface area contributed by atoms with Gasteiger partial charge in [-0.2, -0.15) is 0 Å². The number of amides is 1. The summed E-state index contributed by atoms with van der Waals surface area (Å²) in [6.45, 7) is 11.8. The second-order valence-corrected chi connectivity index (χ2v) is 7.27. The van der Waals surface area contributed by atoms with Crippen LogP contribution in [-0.4, -0.2) is 52.9 Å². The van der Waals surface area contributed by atoms with Crippen LogP contribution in [0.5, 0.6) is 0 Å². The number of hydrogen-bond donors (Lipinski definition) is 3. The van der Waals surface area contributed by atoms with Crippen molar-refractivity contribution < 1.29 is 9.53 Å². The number of carbonyl (C=O) groups excluding carboxylic acids is 1. The minimum absolute atomic E-state index is 0. The Morgan fingerprint density at radius 2 is 1.89 bits per heavy atom. The molecule has 1 heterocycles. The van der Waals surface area contributed by atoms with Crippen molar-refractivity contribution in [1.82, 2.24) is 25.5 Å². The molecule has 1 aromatic heterocycles. The average Bonchev–Trinajstić information content (AvgIpc) is 3.08. The van der Waals surface area contributed by atoms with E-state index in [0.717, 1.165) is 25.9 Å². The number of aliphatic imine (C=N–C) groups is 1. The van der Waals surface area contributed by atoms with Crippen molar-refractivity contribution in [2.45, 2.75) is 65.1 Å². The van der Waals surface area contributed by atoms with Crippen molar-refractivity contribution in [1.29, 1.82) is 0 Å². The lowest BCUT2D eigenvalue weighted by atomic mass is 9.93. The Bertz CT molecular complexity index is 565. The molecule has 1 aromatic rings. The van der Waals surface area contributed by atoms with E-state index < -0.39 is 17.2 Å². The van der Waals surface area contributed by atoms with E-state index in [1.54, 1.807) is 19.6 Å². The van der Waals surface area contributed by atoms with Crippen LogP contribution in [0.15, 0.2) is 23.7 Å². The van der Waals surface area contributed by atoms with Crippen molar-refractivity contribution in [2.24, 2.45) is 4.99 Å². The van der Waals surface area contributed by atoms with Gasteiger partial charge in [-0.3, -0.25) is 4.99 Å². The Kier molecular flexibility index (Phi) is 11.4. The molecule has 1 rings (SSSR count). The molecule has 0 aliphatic carbocycles. The van der Waals surface area contributed by atoms with Gasteiger partial charge >= 0.3 is 6.09 Å². The minimum atomic E-state index is -0.518. The molecule has 0 saturated heterocycles. The molecule has 3 N–H and O–H groups in total. The number of hydrogen-bond acceptors (Lipinski definition) is 4. The molecule has 0 spiro atoms. The van der Waals surface area contributed by atoms with E-state index in [-0.39, 0.29) is 24.0 Å². The zero-order valence-corrected chi connectivity index (χ0v) is 19.7. The van der Waals surface area contributed by atoms with E-state index in [4.69, 9.17) is 4.74 Å². The zero-order valence-electron chi connectivity index (χ0n) is 17.3. The highest BCUT2D eigenvalue weighted by atomic mass is 127. The van der Waals surface area contributed by atoms with E-state index >= 15 is 0 Å². The van der Waals surface area contributed by atoms with Crippen LogP contribution in [0.2, 0.25) is 0 Å². The van der Waals surface area contributed by atoms with Gasteiger partial charge in [-0.1, -0.05) is 13.8 Å². The number of carbonyl (C=O) groups is 1. The minimum Gasteiger partial charge on any atom is -0.444 e. The first-order valence-corrected chi connectivity index (χ1v) is 9.15. The molecule has 0 aromatic carbocycles. The first kappa shape index (κ1) is 25.5. The third kappa shape index (κ3) is 9.83. The third-order valence-corrected chi connectivity index (χ3v) is 4.16. The molecule has 0 bridgehead atoms. The van der Waals surface area contributed by atoms with Crippen LogP contribution in [0, 0.1) is 0 Å². The second-order valence-electron chi connectivity index (χ2n) is 7.27. The summed E-state index contributed by atoms with van der Waals surface area (Å²) >= 11 is 0. The number of aromatic nitrogens is 2. The quantitative estimate of drug-likeness (QED) is 0.294. The van der Waals surface area contributed by atoms with E-state index in [1.165, 1.54) is 0 Å². The van der Waals surface area contributed by atoms with Gasteiger partial charge in [-0.15, -0.1) is 24.0 Å². The first-order chi connectivity index (χ1) is 12.2. The van der Waals surface area contributed by atoms with Gasteiger partial charge in [0.15, 0.2) is 5.96 Å². The van der Waals surface area contributed by atoms with Crippen molar-refractivity contribution in [2.75, 3.05) is 20.1 Å². The number of guanidine groups is 1. The lowest BCUT2D eigenvalue weighted by molar-refractivity contribution is 0.0448. The highest BCUT2D eigenvalue weighted by molar-refractivity contribution is 14.0. The van der Waals surface area contributed by atoms with Gasteiger partial charge < -0.3 is 25.3 Å². The predicted molar refractivity (Wildman–Crippen MR) is 120 cm³/mol. The normalized spacial score (nSPS) is 12.1. The molecule has 1 amide bonds. The molecular weight excluding hydrogens is 459 g/mol. The molecule has 0 radical (unpaired) electrons. The number of nitrogens with zero attached hydrogens (tertiary/aromatic N) is 3. The smallest absolute Gasteiger partial charge is 0.408 e. The van der Waals surface area contributed by atoms with E-state index in [9.17, 15) is 4.79 Å². The molecule has 0 aliphatic rings. The molecule has 0 aliphatic heterocycles. The molecule has 0 fully saturated rings. The second kappa shape index (κ2) is 12.0. The third-order valence-electron chi connectivity index (χ3n) is 4.16.